The molecule has 2 aliphatic heterocycles. The second-order valence-corrected chi connectivity index (χ2v) is 11.8. The van der Waals surface area contributed by atoms with Crippen LogP contribution in [-0.4, -0.2) is 55.5 Å². The Kier molecular flexibility index (Phi) is 7.59. The van der Waals surface area contributed by atoms with Crippen molar-refractivity contribution in [2.75, 3.05) is 44.7 Å². The van der Waals surface area contributed by atoms with E-state index in [2.05, 4.69) is 17.1 Å². The van der Waals surface area contributed by atoms with Crippen LogP contribution < -0.4 is 15.1 Å². The highest BCUT2D eigenvalue weighted by Gasteiger charge is 2.39. The van der Waals surface area contributed by atoms with Crippen molar-refractivity contribution in [1.29, 1.82) is 0 Å². The maximum absolute atomic E-state index is 15.8. The molecule has 7 nitrogen and oxygen atoms in total. The van der Waals surface area contributed by atoms with Crippen molar-refractivity contribution < 1.29 is 14.0 Å². The van der Waals surface area contributed by atoms with Crippen molar-refractivity contribution in [3.05, 3.63) is 142 Å². The summed E-state index contributed by atoms with van der Waals surface area (Å²) in [6, 6.07) is 31.0. The number of benzene rings is 4. The Morgan fingerprint density at radius 2 is 1.44 bits per heavy atom. The molecule has 5 aromatic rings. The number of ether oxygens (including phenoxy) is 1. The number of rotatable bonds is 7. The molecule has 0 unspecified atom stereocenters. The summed E-state index contributed by atoms with van der Waals surface area (Å²) < 4.78 is 24.0. The first-order chi connectivity index (χ1) is 22.0. The zero-order valence-corrected chi connectivity index (χ0v) is 25.4. The Morgan fingerprint density at radius 3 is 2.00 bits per heavy atom. The van der Waals surface area contributed by atoms with Crippen LogP contribution in [0.1, 0.15) is 35.2 Å². The second-order valence-electron chi connectivity index (χ2n) is 11.8. The number of hydrogen-bond donors (Lipinski definition) is 0. The van der Waals surface area contributed by atoms with Crippen molar-refractivity contribution in [3.8, 4) is 5.75 Å². The largest absolute Gasteiger partial charge is 0.487 e. The molecule has 8 heteroatoms. The normalized spacial score (nSPS) is 17.0. The first kappa shape index (κ1) is 28.8. The number of piperazine rings is 1. The van der Waals surface area contributed by atoms with Crippen LogP contribution in [0, 0.1) is 5.82 Å². The molecule has 45 heavy (non-hydrogen) atoms. The highest BCUT2D eigenvalue weighted by atomic mass is 19.1. The van der Waals surface area contributed by atoms with Crippen LogP contribution in [0.4, 0.5) is 10.1 Å². The van der Waals surface area contributed by atoms with Crippen LogP contribution in [0.2, 0.25) is 0 Å². The number of hydrogen-bond acceptors (Lipinski definition) is 6. The summed E-state index contributed by atoms with van der Waals surface area (Å²) in [6.45, 7) is 5.40. The average Bonchev–Trinajstić information content (AvgIpc) is 3.08. The molecule has 0 radical (unpaired) electrons. The molecule has 4 aromatic carbocycles. The Balaban J connectivity index is 1.34. The molecule has 3 heterocycles. The van der Waals surface area contributed by atoms with Gasteiger partial charge in [0.2, 0.25) is 5.60 Å². The number of aromatic nitrogens is 1. The van der Waals surface area contributed by atoms with Gasteiger partial charge in [0.1, 0.15) is 12.3 Å². The third kappa shape index (κ3) is 5.05. The van der Waals surface area contributed by atoms with E-state index in [4.69, 9.17) is 9.57 Å². The molecule has 0 spiro atoms. The lowest BCUT2D eigenvalue weighted by atomic mass is 9.80. The Hall–Kier alpha value is -4.95. The van der Waals surface area contributed by atoms with Gasteiger partial charge in [0.05, 0.1) is 28.7 Å². The van der Waals surface area contributed by atoms with Gasteiger partial charge in [-0.1, -0.05) is 96.2 Å². The van der Waals surface area contributed by atoms with Crippen molar-refractivity contribution in [1.82, 2.24) is 9.47 Å². The molecule has 1 saturated heterocycles. The fourth-order valence-corrected chi connectivity index (χ4v) is 6.49. The van der Waals surface area contributed by atoms with Crippen molar-refractivity contribution in [2.45, 2.75) is 18.6 Å². The maximum atomic E-state index is 15.8. The van der Waals surface area contributed by atoms with Crippen molar-refractivity contribution in [2.24, 2.45) is 5.16 Å². The number of likely N-dealkylation sites (N-methyl/N-ethyl adjacent to an activating group) is 1. The average molecular weight is 603 g/mol. The number of pyridine rings is 1. The fraction of sp³-hybridized carbons (Fsp3) is 0.243. The third-order valence-electron chi connectivity index (χ3n) is 8.91. The van der Waals surface area contributed by atoms with Gasteiger partial charge in [-0.2, -0.15) is 0 Å². The molecule has 0 bridgehead atoms. The summed E-state index contributed by atoms with van der Waals surface area (Å²) in [7, 11) is 2.06. The van der Waals surface area contributed by atoms with Gasteiger partial charge in [-0.15, -0.1) is 0 Å². The smallest absolute Gasteiger partial charge is 0.212 e. The highest BCUT2D eigenvalue weighted by Crippen LogP contribution is 2.43. The third-order valence-corrected chi connectivity index (χ3v) is 8.91. The standard InChI is InChI=1S/C37H35FN4O3/c1-26-25-44-36-33-31(22-32(38)34(36)41-20-18-40(2)19-21-41)35(43)27(24-42(26)33)23-39-45-37(28-12-6-3-7-13-28,29-14-8-4-9-15-29)30-16-10-5-11-17-30/h3-17,22-24,26H,18-21,25H2,1-2H3/t26-/m0/s1. The van der Waals surface area contributed by atoms with Crippen LogP contribution >= 0.6 is 0 Å². The van der Waals surface area contributed by atoms with Gasteiger partial charge in [0, 0.05) is 49.1 Å². The van der Waals surface area contributed by atoms with Gasteiger partial charge in [-0.25, -0.2) is 4.39 Å². The predicted octanol–water partition coefficient (Wildman–Crippen LogP) is 6.19. The van der Waals surface area contributed by atoms with E-state index in [0.717, 1.165) is 29.8 Å². The van der Waals surface area contributed by atoms with E-state index < -0.39 is 11.4 Å². The van der Waals surface area contributed by atoms with E-state index in [1.165, 1.54) is 12.3 Å². The van der Waals surface area contributed by atoms with Gasteiger partial charge >= 0.3 is 0 Å². The highest BCUT2D eigenvalue weighted by molar-refractivity contribution is 5.95. The lowest BCUT2D eigenvalue weighted by Gasteiger charge is -2.37. The minimum absolute atomic E-state index is 0.0727. The Labute approximate surface area is 261 Å². The molecule has 1 atom stereocenters. The zero-order chi connectivity index (χ0) is 31.0. The number of halogens is 1. The molecular formula is C37H35FN4O3. The van der Waals surface area contributed by atoms with Crippen molar-refractivity contribution >= 4 is 22.8 Å². The topological polar surface area (TPSA) is 59.3 Å². The summed E-state index contributed by atoms with van der Waals surface area (Å²) in [6.07, 6.45) is 3.23. The molecule has 0 aliphatic carbocycles. The first-order valence-electron chi connectivity index (χ1n) is 15.3. The van der Waals surface area contributed by atoms with Crippen molar-refractivity contribution in [3.63, 3.8) is 0 Å². The molecule has 2 aliphatic rings. The van der Waals surface area contributed by atoms with E-state index in [1.54, 1.807) is 6.20 Å². The lowest BCUT2D eigenvalue weighted by molar-refractivity contribution is 0.0183. The van der Waals surface area contributed by atoms with Crippen LogP contribution in [0.15, 0.2) is 113 Å². The Morgan fingerprint density at radius 1 is 0.889 bits per heavy atom. The molecule has 0 N–H and O–H groups in total. The van der Waals surface area contributed by atoms with Gasteiger partial charge in [0.25, 0.3) is 0 Å². The summed E-state index contributed by atoms with van der Waals surface area (Å²) in [5.41, 5.74) is 2.59. The number of nitrogens with zero attached hydrogens (tertiary/aromatic N) is 4. The molecule has 1 fully saturated rings. The number of oxime groups is 1. The van der Waals surface area contributed by atoms with Crippen LogP contribution in [0.3, 0.4) is 0 Å². The van der Waals surface area contributed by atoms with Gasteiger partial charge in [0.15, 0.2) is 17.0 Å². The van der Waals surface area contributed by atoms with E-state index in [0.29, 0.717) is 42.2 Å². The summed E-state index contributed by atoms with van der Waals surface area (Å²) in [5.74, 6) is -0.0254. The quantitative estimate of drug-likeness (QED) is 0.126. The molecule has 1 aromatic heterocycles. The second kappa shape index (κ2) is 11.9. The van der Waals surface area contributed by atoms with Gasteiger partial charge in [-0.3, -0.25) is 4.79 Å². The maximum Gasteiger partial charge on any atom is 0.212 e. The van der Waals surface area contributed by atoms with E-state index in [1.807, 2.05) is 107 Å². The minimum atomic E-state index is -1.08. The molecular weight excluding hydrogens is 567 g/mol. The van der Waals surface area contributed by atoms with Crippen LogP contribution in [-0.2, 0) is 10.4 Å². The SMILES string of the molecule is C[C@H]1COc2c(N3CCN(C)CC3)c(F)cc3c(=O)c(C=NOC(c4ccccc4)(c4ccccc4)c4ccccc4)cn1c23. The van der Waals surface area contributed by atoms with Gasteiger partial charge < -0.3 is 23.9 Å². The van der Waals surface area contributed by atoms with Crippen LogP contribution in [0.5, 0.6) is 5.75 Å². The molecule has 228 valence electrons. The van der Waals surface area contributed by atoms with Gasteiger partial charge in [-0.05, 0) is 20.0 Å². The minimum Gasteiger partial charge on any atom is -0.487 e. The fourth-order valence-electron chi connectivity index (χ4n) is 6.49. The molecule has 7 rings (SSSR count). The summed E-state index contributed by atoms with van der Waals surface area (Å²) in [5, 5.41) is 4.76. The molecule has 0 saturated carbocycles. The summed E-state index contributed by atoms with van der Waals surface area (Å²) in [4.78, 5) is 24.7. The Bertz CT molecular complexity index is 1810. The summed E-state index contributed by atoms with van der Waals surface area (Å²) >= 11 is 0. The molecule has 0 amide bonds. The lowest BCUT2D eigenvalue weighted by Crippen LogP contribution is -2.45. The van der Waals surface area contributed by atoms with Crippen LogP contribution in [0.25, 0.3) is 10.9 Å². The monoisotopic (exact) mass is 602 g/mol. The predicted molar refractivity (Wildman–Crippen MR) is 176 cm³/mol. The van der Waals surface area contributed by atoms with E-state index >= 15 is 4.39 Å². The number of anilines is 1. The first-order valence-corrected chi connectivity index (χ1v) is 15.3. The zero-order valence-electron chi connectivity index (χ0n) is 25.4. The van der Waals surface area contributed by atoms with E-state index in [-0.39, 0.29) is 16.9 Å². The van der Waals surface area contributed by atoms with E-state index in [9.17, 15) is 4.79 Å².